The molecule has 0 radical (unpaired) electrons. The van der Waals surface area contributed by atoms with E-state index in [0.717, 1.165) is 0 Å². The van der Waals surface area contributed by atoms with E-state index in [1.165, 1.54) is 60.4 Å². The lowest BCUT2D eigenvalue weighted by molar-refractivity contribution is 0.991. The third-order valence-electron chi connectivity index (χ3n) is 6.89. The molecule has 0 fully saturated rings. The fourth-order valence-corrected chi connectivity index (χ4v) is 5.44. The fraction of sp³-hybridized carbons (Fsp3) is 0.0323. The average Bonchev–Trinajstić information content (AvgIpc) is 2.87. The van der Waals surface area contributed by atoms with Gasteiger partial charge in [0, 0.05) is 17.3 Å². The molecule has 1 heterocycles. The predicted molar refractivity (Wildman–Crippen MR) is 136 cm³/mol. The molecule has 0 spiro atoms. The molecule has 32 heavy (non-hydrogen) atoms. The molecule has 0 bridgehead atoms. The van der Waals surface area contributed by atoms with Gasteiger partial charge in [-0.1, -0.05) is 103 Å². The van der Waals surface area contributed by atoms with Crippen LogP contribution in [0.4, 0.5) is 11.4 Å². The first-order chi connectivity index (χ1) is 15.9. The van der Waals surface area contributed by atoms with Crippen molar-refractivity contribution in [2.24, 2.45) is 0 Å². The van der Waals surface area contributed by atoms with Crippen molar-refractivity contribution in [2.45, 2.75) is 5.92 Å². The number of hydrogen-bond acceptors (Lipinski definition) is 1. The van der Waals surface area contributed by atoms with Gasteiger partial charge in [0.15, 0.2) is 0 Å². The van der Waals surface area contributed by atoms with Gasteiger partial charge in [0.05, 0.1) is 0 Å². The van der Waals surface area contributed by atoms with Gasteiger partial charge in [0.25, 0.3) is 0 Å². The normalized spacial score (nSPS) is 13.1. The number of fused-ring (bicyclic) bond motifs is 7. The Morgan fingerprint density at radius 3 is 1.56 bits per heavy atom. The maximum Gasteiger partial charge on any atom is 0.0433 e. The van der Waals surface area contributed by atoms with Crippen molar-refractivity contribution in [3.8, 4) is 0 Å². The Kier molecular flexibility index (Phi) is 3.68. The largest absolute Gasteiger partial charge is 0.355 e. The summed E-state index contributed by atoms with van der Waals surface area (Å²) in [5.41, 5.74) is 6.46. The number of nitrogens with one attached hydrogen (secondary N) is 1. The fourth-order valence-electron chi connectivity index (χ4n) is 5.44. The highest BCUT2D eigenvalue weighted by molar-refractivity contribution is 6.00. The first-order valence-corrected chi connectivity index (χ1v) is 11.2. The third kappa shape index (κ3) is 2.52. The Labute approximate surface area is 186 Å². The van der Waals surface area contributed by atoms with E-state index in [9.17, 15) is 0 Å². The summed E-state index contributed by atoms with van der Waals surface area (Å²) in [5.74, 6) is 0.156. The Morgan fingerprint density at radius 2 is 0.938 bits per heavy atom. The molecule has 7 rings (SSSR count). The second-order valence-corrected chi connectivity index (χ2v) is 8.66. The van der Waals surface area contributed by atoms with Crippen molar-refractivity contribution in [1.82, 2.24) is 0 Å². The van der Waals surface area contributed by atoms with E-state index in [0.29, 0.717) is 0 Å². The Hall–Kier alpha value is -4.10. The highest BCUT2D eigenvalue weighted by atomic mass is 14.9. The number of anilines is 2. The summed E-state index contributed by atoms with van der Waals surface area (Å²) in [6, 6.07) is 42.0. The summed E-state index contributed by atoms with van der Waals surface area (Å²) >= 11 is 0. The molecule has 1 N–H and O–H groups in total. The van der Waals surface area contributed by atoms with Crippen molar-refractivity contribution >= 4 is 43.7 Å². The minimum absolute atomic E-state index is 0.156. The zero-order chi connectivity index (χ0) is 21.1. The minimum atomic E-state index is 0.156. The Balaban J connectivity index is 1.62. The Morgan fingerprint density at radius 1 is 0.438 bits per heavy atom. The summed E-state index contributed by atoms with van der Waals surface area (Å²) in [7, 11) is 0. The molecule has 0 aromatic heterocycles. The quantitative estimate of drug-likeness (QED) is 0.288. The van der Waals surface area contributed by atoms with Crippen molar-refractivity contribution < 1.29 is 0 Å². The molecule has 6 aromatic carbocycles. The van der Waals surface area contributed by atoms with Gasteiger partial charge in [-0.05, 0) is 61.1 Å². The molecule has 0 saturated carbocycles. The van der Waals surface area contributed by atoms with E-state index in [2.05, 4.69) is 121 Å². The molecule has 0 amide bonds. The lowest BCUT2D eigenvalue weighted by atomic mass is 9.77. The first-order valence-electron chi connectivity index (χ1n) is 11.2. The lowest BCUT2D eigenvalue weighted by Gasteiger charge is -2.32. The van der Waals surface area contributed by atoms with E-state index in [-0.39, 0.29) is 5.92 Å². The number of hydrogen-bond donors (Lipinski definition) is 1. The van der Waals surface area contributed by atoms with Crippen molar-refractivity contribution in [2.75, 3.05) is 5.32 Å². The summed E-state index contributed by atoms with van der Waals surface area (Å²) < 4.78 is 0. The van der Waals surface area contributed by atoms with Crippen LogP contribution in [-0.2, 0) is 0 Å². The van der Waals surface area contributed by atoms with Crippen LogP contribution < -0.4 is 5.32 Å². The van der Waals surface area contributed by atoms with Crippen molar-refractivity contribution in [1.29, 1.82) is 0 Å². The molecule has 150 valence electrons. The van der Waals surface area contributed by atoms with Gasteiger partial charge in [-0.25, -0.2) is 0 Å². The zero-order valence-corrected chi connectivity index (χ0v) is 17.5. The molecule has 1 aliphatic rings. The van der Waals surface area contributed by atoms with Crippen LogP contribution in [0.2, 0.25) is 0 Å². The Bertz CT molecular complexity index is 1580. The highest BCUT2D eigenvalue weighted by Gasteiger charge is 2.30. The molecule has 0 saturated heterocycles. The van der Waals surface area contributed by atoms with Crippen LogP contribution in [0, 0.1) is 0 Å². The predicted octanol–water partition coefficient (Wildman–Crippen LogP) is 8.38. The zero-order valence-electron chi connectivity index (χ0n) is 17.5. The standard InChI is InChI=1S/C31H21N/c1-2-10-23-19-24(14-13-20(23)7-1)29-30-25-11-5-3-8-21(25)15-17-27(30)32-28-18-16-22-9-4-6-12-26(22)31(28)29/h1-19,29,32H. The minimum Gasteiger partial charge on any atom is -0.355 e. The summed E-state index contributed by atoms with van der Waals surface area (Å²) in [6.07, 6.45) is 0. The van der Waals surface area contributed by atoms with E-state index >= 15 is 0 Å². The smallest absolute Gasteiger partial charge is 0.0433 e. The van der Waals surface area contributed by atoms with Crippen molar-refractivity contribution in [3.63, 3.8) is 0 Å². The first kappa shape index (κ1) is 17.6. The molecule has 0 aliphatic carbocycles. The third-order valence-corrected chi connectivity index (χ3v) is 6.89. The molecular formula is C31H21N. The lowest BCUT2D eigenvalue weighted by Crippen LogP contribution is -2.15. The van der Waals surface area contributed by atoms with Crippen LogP contribution in [0.1, 0.15) is 22.6 Å². The van der Waals surface area contributed by atoms with E-state index < -0.39 is 0 Å². The monoisotopic (exact) mass is 407 g/mol. The van der Waals surface area contributed by atoms with Gasteiger partial charge in [-0.15, -0.1) is 0 Å². The maximum atomic E-state index is 3.76. The van der Waals surface area contributed by atoms with Gasteiger partial charge in [0.2, 0.25) is 0 Å². The molecule has 0 atom stereocenters. The van der Waals surface area contributed by atoms with Crippen LogP contribution in [0.15, 0.2) is 115 Å². The molecule has 0 unspecified atom stereocenters. The highest BCUT2D eigenvalue weighted by Crippen LogP contribution is 2.50. The van der Waals surface area contributed by atoms with E-state index in [1.54, 1.807) is 0 Å². The molecule has 1 aliphatic heterocycles. The van der Waals surface area contributed by atoms with Crippen LogP contribution >= 0.6 is 0 Å². The molecule has 1 heteroatoms. The second kappa shape index (κ2) is 6.70. The average molecular weight is 408 g/mol. The van der Waals surface area contributed by atoms with E-state index in [4.69, 9.17) is 0 Å². The SMILES string of the molecule is c1ccc2cc(C3c4c(ccc5ccccc45)Nc4ccc5ccccc5c43)ccc2c1. The van der Waals surface area contributed by atoms with E-state index in [1.807, 2.05) is 0 Å². The van der Waals surface area contributed by atoms with Gasteiger partial charge in [-0.2, -0.15) is 0 Å². The number of benzene rings is 6. The van der Waals surface area contributed by atoms with Crippen LogP contribution in [0.25, 0.3) is 32.3 Å². The molecule has 6 aromatic rings. The molecular weight excluding hydrogens is 386 g/mol. The van der Waals surface area contributed by atoms with Crippen LogP contribution in [0.5, 0.6) is 0 Å². The van der Waals surface area contributed by atoms with Crippen LogP contribution in [0.3, 0.4) is 0 Å². The maximum absolute atomic E-state index is 3.76. The van der Waals surface area contributed by atoms with Gasteiger partial charge < -0.3 is 5.32 Å². The summed E-state index contributed by atoms with van der Waals surface area (Å²) in [5, 5.41) is 11.5. The van der Waals surface area contributed by atoms with Crippen molar-refractivity contribution in [3.05, 3.63) is 132 Å². The second-order valence-electron chi connectivity index (χ2n) is 8.66. The van der Waals surface area contributed by atoms with Gasteiger partial charge in [0.1, 0.15) is 0 Å². The summed E-state index contributed by atoms with van der Waals surface area (Å²) in [6.45, 7) is 0. The van der Waals surface area contributed by atoms with Gasteiger partial charge in [-0.3, -0.25) is 0 Å². The topological polar surface area (TPSA) is 12.0 Å². The molecule has 1 nitrogen and oxygen atoms in total. The van der Waals surface area contributed by atoms with Gasteiger partial charge >= 0.3 is 0 Å². The van der Waals surface area contributed by atoms with Crippen LogP contribution in [-0.4, -0.2) is 0 Å². The number of rotatable bonds is 1. The summed E-state index contributed by atoms with van der Waals surface area (Å²) in [4.78, 5) is 0.